The van der Waals surface area contributed by atoms with Crippen molar-refractivity contribution in [1.29, 1.82) is 0 Å². The van der Waals surface area contributed by atoms with Gasteiger partial charge in [0.15, 0.2) is 0 Å². The van der Waals surface area contributed by atoms with E-state index in [9.17, 15) is 14.4 Å². The van der Waals surface area contributed by atoms with Gasteiger partial charge in [-0.2, -0.15) is 0 Å². The van der Waals surface area contributed by atoms with Crippen LogP contribution in [0.3, 0.4) is 0 Å². The zero-order valence-corrected chi connectivity index (χ0v) is 19.2. The Kier molecular flexibility index (Phi) is 7.47. The third kappa shape index (κ3) is 5.39. The quantitative estimate of drug-likeness (QED) is 0.523. The Hall–Kier alpha value is -3.39. The minimum atomic E-state index is -0.852. The Labute approximate surface area is 198 Å². The average molecular weight is 467 g/mol. The molecule has 34 heavy (non-hydrogen) atoms. The highest BCUT2D eigenvalue weighted by Crippen LogP contribution is 2.44. The van der Waals surface area contributed by atoms with E-state index in [-0.39, 0.29) is 44.1 Å². The first-order valence-electron chi connectivity index (χ1n) is 11.7. The molecule has 3 atom stereocenters. The summed E-state index contributed by atoms with van der Waals surface area (Å²) < 4.78 is 11.0. The molecule has 2 aliphatic rings. The second-order valence-electron chi connectivity index (χ2n) is 8.92. The molecule has 0 aromatic heterocycles. The molecule has 2 aromatic rings. The number of rotatable bonds is 9. The molecule has 1 aliphatic heterocycles. The van der Waals surface area contributed by atoms with Gasteiger partial charge in [0, 0.05) is 18.4 Å². The lowest BCUT2D eigenvalue weighted by atomic mass is 9.98. The highest BCUT2D eigenvalue weighted by atomic mass is 16.5. The molecule has 180 valence electrons. The molecule has 0 spiro atoms. The molecule has 0 bridgehead atoms. The minimum absolute atomic E-state index is 0.0382. The van der Waals surface area contributed by atoms with Gasteiger partial charge in [-0.05, 0) is 42.0 Å². The van der Waals surface area contributed by atoms with Crippen LogP contribution in [0.1, 0.15) is 43.2 Å². The van der Waals surface area contributed by atoms with Gasteiger partial charge in [-0.3, -0.25) is 9.59 Å². The molecule has 3 unspecified atom stereocenters. The maximum Gasteiger partial charge on any atom is 0.407 e. The summed E-state index contributed by atoms with van der Waals surface area (Å²) in [6.07, 6.45) is 0.540. The highest BCUT2D eigenvalue weighted by Gasteiger charge is 2.36. The molecule has 0 saturated carbocycles. The summed E-state index contributed by atoms with van der Waals surface area (Å²) >= 11 is 0. The molecule has 2 amide bonds. The molecule has 3 N–H and O–H groups in total. The van der Waals surface area contributed by atoms with Crippen LogP contribution in [0.25, 0.3) is 11.1 Å². The fourth-order valence-electron chi connectivity index (χ4n) is 4.73. The summed E-state index contributed by atoms with van der Waals surface area (Å²) in [5.74, 6) is -1.63. The summed E-state index contributed by atoms with van der Waals surface area (Å²) in [5, 5.41) is 14.4. The number of carboxylic acids is 1. The highest BCUT2D eigenvalue weighted by molar-refractivity contribution is 5.81. The third-order valence-corrected chi connectivity index (χ3v) is 6.48. The molecular weight excluding hydrogens is 436 g/mol. The van der Waals surface area contributed by atoms with Gasteiger partial charge in [0.1, 0.15) is 6.61 Å². The summed E-state index contributed by atoms with van der Waals surface area (Å²) in [6, 6.07) is 15.6. The number of hydrogen-bond donors (Lipinski definition) is 3. The number of amides is 2. The zero-order chi connectivity index (χ0) is 24.1. The Morgan fingerprint density at radius 3 is 2.35 bits per heavy atom. The van der Waals surface area contributed by atoms with Crippen LogP contribution in [0.2, 0.25) is 0 Å². The fraction of sp³-hybridized carbons (Fsp3) is 0.423. The molecule has 4 rings (SSSR count). The lowest BCUT2D eigenvalue weighted by Crippen LogP contribution is -2.48. The number of fused-ring (bicyclic) bond motifs is 3. The van der Waals surface area contributed by atoms with Crippen molar-refractivity contribution in [3.63, 3.8) is 0 Å². The van der Waals surface area contributed by atoms with Crippen LogP contribution < -0.4 is 10.6 Å². The molecule has 1 aliphatic carbocycles. The standard InChI is InChI=1S/C26H30N2O6/c1-16(7-6-12-24(29)30)27-25(31)22-13-33-15-23(22)28-26(32)34-14-21-19-10-4-2-8-17(19)18-9-3-5-11-20(18)21/h2-5,8-11,16,21-23H,6-7,12-15H2,1H3,(H,27,31)(H,28,32)(H,29,30). The van der Waals surface area contributed by atoms with E-state index in [2.05, 4.69) is 34.9 Å². The van der Waals surface area contributed by atoms with Gasteiger partial charge in [-0.1, -0.05) is 48.5 Å². The monoisotopic (exact) mass is 466 g/mol. The van der Waals surface area contributed by atoms with Gasteiger partial charge in [-0.15, -0.1) is 0 Å². The number of carboxylic acid groups (broad SMARTS) is 1. The predicted octanol–water partition coefficient (Wildman–Crippen LogP) is 3.30. The molecule has 1 saturated heterocycles. The number of alkyl carbamates (subject to hydrolysis) is 1. The van der Waals surface area contributed by atoms with Gasteiger partial charge in [-0.25, -0.2) is 4.79 Å². The Morgan fingerprint density at radius 1 is 1.06 bits per heavy atom. The normalized spacial score (nSPS) is 19.7. The van der Waals surface area contributed by atoms with Crippen molar-refractivity contribution in [3.8, 4) is 11.1 Å². The summed E-state index contributed by atoms with van der Waals surface area (Å²) in [7, 11) is 0. The molecule has 2 aromatic carbocycles. The lowest BCUT2D eigenvalue weighted by molar-refractivity contribution is -0.137. The SMILES string of the molecule is CC(CCCC(=O)O)NC(=O)C1COCC1NC(=O)OCC1c2ccccc2-c2ccccc21. The van der Waals surface area contributed by atoms with Crippen LogP contribution in [0, 0.1) is 5.92 Å². The minimum Gasteiger partial charge on any atom is -0.481 e. The molecule has 1 heterocycles. The number of benzene rings is 2. The van der Waals surface area contributed by atoms with E-state index in [0.717, 1.165) is 22.3 Å². The van der Waals surface area contributed by atoms with E-state index < -0.39 is 24.0 Å². The van der Waals surface area contributed by atoms with Crippen molar-refractivity contribution in [2.75, 3.05) is 19.8 Å². The summed E-state index contributed by atoms with van der Waals surface area (Å²) in [5.41, 5.74) is 4.58. The van der Waals surface area contributed by atoms with E-state index >= 15 is 0 Å². The smallest absolute Gasteiger partial charge is 0.407 e. The predicted molar refractivity (Wildman–Crippen MR) is 125 cm³/mol. The molecular formula is C26H30N2O6. The molecule has 0 radical (unpaired) electrons. The van der Waals surface area contributed by atoms with Crippen LogP contribution >= 0.6 is 0 Å². The maximum absolute atomic E-state index is 12.7. The number of hydrogen-bond acceptors (Lipinski definition) is 5. The van der Waals surface area contributed by atoms with Crippen molar-refractivity contribution in [2.24, 2.45) is 5.92 Å². The van der Waals surface area contributed by atoms with E-state index in [1.165, 1.54) is 0 Å². The van der Waals surface area contributed by atoms with Crippen molar-refractivity contribution >= 4 is 18.0 Å². The maximum atomic E-state index is 12.7. The second-order valence-corrected chi connectivity index (χ2v) is 8.92. The fourth-order valence-corrected chi connectivity index (χ4v) is 4.73. The van der Waals surface area contributed by atoms with Crippen LogP contribution in [0.5, 0.6) is 0 Å². The molecule has 8 heteroatoms. The van der Waals surface area contributed by atoms with Crippen molar-refractivity contribution < 1.29 is 29.0 Å². The summed E-state index contributed by atoms with van der Waals surface area (Å²) in [4.78, 5) is 35.9. The third-order valence-electron chi connectivity index (χ3n) is 6.48. The topological polar surface area (TPSA) is 114 Å². The van der Waals surface area contributed by atoms with Gasteiger partial charge in [0.05, 0.1) is 25.2 Å². The van der Waals surface area contributed by atoms with Gasteiger partial charge >= 0.3 is 12.1 Å². The average Bonchev–Trinajstić information content (AvgIpc) is 3.40. The van der Waals surface area contributed by atoms with Gasteiger partial charge < -0.3 is 25.2 Å². The molecule has 1 fully saturated rings. The van der Waals surface area contributed by atoms with Crippen molar-refractivity contribution in [1.82, 2.24) is 10.6 Å². The first-order valence-corrected chi connectivity index (χ1v) is 11.7. The Bertz CT molecular complexity index is 1010. The first-order chi connectivity index (χ1) is 16.4. The number of carbonyl (C=O) groups excluding carboxylic acids is 2. The van der Waals surface area contributed by atoms with Gasteiger partial charge in [0.25, 0.3) is 0 Å². The van der Waals surface area contributed by atoms with Crippen LogP contribution in [-0.4, -0.2) is 55.0 Å². The zero-order valence-electron chi connectivity index (χ0n) is 19.2. The number of nitrogens with one attached hydrogen (secondary N) is 2. The number of aliphatic carboxylic acids is 1. The number of ether oxygens (including phenoxy) is 2. The van der Waals surface area contributed by atoms with Crippen LogP contribution in [0.4, 0.5) is 4.79 Å². The molecule has 8 nitrogen and oxygen atoms in total. The number of carbonyl (C=O) groups is 3. The lowest BCUT2D eigenvalue weighted by Gasteiger charge is -2.21. The van der Waals surface area contributed by atoms with E-state index in [1.54, 1.807) is 0 Å². The van der Waals surface area contributed by atoms with Gasteiger partial charge in [0.2, 0.25) is 5.91 Å². The Balaban J connectivity index is 1.30. The van der Waals surface area contributed by atoms with E-state index in [0.29, 0.717) is 12.8 Å². The second kappa shape index (κ2) is 10.7. The van der Waals surface area contributed by atoms with E-state index in [1.807, 2.05) is 31.2 Å². The largest absolute Gasteiger partial charge is 0.481 e. The van der Waals surface area contributed by atoms with E-state index in [4.69, 9.17) is 14.6 Å². The van der Waals surface area contributed by atoms with Crippen molar-refractivity contribution in [3.05, 3.63) is 59.7 Å². The van der Waals surface area contributed by atoms with Crippen LogP contribution in [0.15, 0.2) is 48.5 Å². The first kappa shape index (κ1) is 23.8. The Morgan fingerprint density at radius 2 is 1.71 bits per heavy atom. The van der Waals surface area contributed by atoms with Crippen LogP contribution in [-0.2, 0) is 19.1 Å². The summed E-state index contributed by atoms with van der Waals surface area (Å²) in [6.45, 7) is 2.48. The van der Waals surface area contributed by atoms with Crippen molar-refractivity contribution in [2.45, 2.75) is 44.2 Å².